The van der Waals surface area contributed by atoms with Crippen LogP contribution in [0.15, 0.2) is 53.5 Å². The minimum absolute atomic E-state index is 0.184. The molecular weight excluding hydrogens is 396 g/mol. The van der Waals surface area contributed by atoms with E-state index in [4.69, 9.17) is 9.47 Å². The van der Waals surface area contributed by atoms with Crippen molar-refractivity contribution in [3.8, 4) is 0 Å². The number of pyridine rings is 1. The maximum Gasteiger partial charge on any atom is 0.341 e. The van der Waals surface area contributed by atoms with E-state index in [0.29, 0.717) is 38.4 Å². The predicted octanol–water partition coefficient (Wildman–Crippen LogP) is 3.29. The molecule has 7 heteroatoms. The number of aromatic nitrogens is 1. The Labute approximate surface area is 180 Å². The summed E-state index contributed by atoms with van der Waals surface area (Å²) >= 11 is 0. The number of anilines is 1. The molecule has 1 aliphatic heterocycles. The van der Waals surface area contributed by atoms with Gasteiger partial charge >= 0.3 is 5.97 Å². The van der Waals surface area contributed by atoms with E-state index in [2.05, 4.69) is 5.32 Å². The van der Waals surface area contributed by atoms with Gasteiger partial charge in [0.15, 0.2) is 0 Å². The number of hydrogen-bond donors (Lipinski definition) is 2. The number of nitrogens with zero attached hydrogens (tertiary/aromatic N) is 1. The fraction of sp³-hybridized carbons (Fsp3) is 0.333. The molecule has 0 bridgehead atoms. The average molecular weight is 422 g/mol. The molecule has 0 saturated heterocycles. The Hall–Kier alpha value is -3.16. The molecule has 0 aliphatic carbocycles. The van der Waals surface area contributed by atoms with Crippen LogP contribution in [0, 0.1) is 0 Å². The molecule has 1 aromatic heterocycles. The van der Waals surface area contributed by atoms with Crippen LogP contribution in [0.3, 0.4) is 0 Å². The number of aromatic carboxylic acids is 1. The fourth-order valence-electron chi connectivity index (χ4n) is 3.94. The zero-order chi connectivity index (χ0) is 21.6. The number of aryl methyl sites for hydroxylation is 2. The SMILES string of the molecule is O=C(O)c1cn2c3c(cc(NCCOCCOCc4ccccc4)cc3c1=O)CCC2. The van der Waals surface area contributed by atoms with Gasteiger partial charge in [-0.05, 0) is 36.1 Å². The zero-order valence-corrected chi connectivity index (χ0v) is 17.3. The van der Waals surface area contributed by atoms with Gasteiger partial charge in [-0.15, -0.1) is 0 Å². The van der Waals surface area contributed by atoms with Gasteiger partial charge in [-0.25, -0.2) is 4.79 Å². The van der Waals surface area contributed by atoms with Crippen molar-refractivity contribution < 1.29 is 19.4 Å². The van der Waals surface area contributed by atoms with Crippen LogP contribution in [0.4, 0.5) is 5.69 Å². The van der Waals surface area contributed by atoms with E-state index in [1.807, 2.05) is 41.0 Å². The molecular formula is C24H26N2O5. The highest BCUT2D eigenvalue weighted by atomic mass is 16.5. The molecule has 7 nitrogen and oxygen atoms in total. The van der Waals surface area contributed by atoms with E-state index in [0.717, 1.165) is 41.7 Å². The van der Waals surface area contributed by atoms with Gasteiger partial charge in [0, 0.05) is 30.4 Å². The number of rotatable bonds is 10. The summed E-state index contributed by atoms with van der Waals surface area (Å²) in [4.78, 5) is 24.2. The van der Waals surface area contributed by atoms with Gasteiger partial charge in [0.1, 0.15) is 5.56 Å². The van der Waals surface area contributed by atoms with Crippen LogP contribution in [0.5, 0.6) is 0 Å². The largest absolute Gasteiger partial charge is 0.477 e. The molecule has 0 amide bonds. The van der Waals surface area contributed by atoms with Crippen LogP contribution in [-0.2, 0) is 29.0 Å². The average Bonchev–Trinajstić information content (AvgIpc) is 2.78. The van der Waals surface area contributed by atoms with E-state index in [1.165, 1.54) is 6.20 Å². The van der Waals surface area contributed by atoms with Crippen molar-refractivity contribution in [2.75, 3.05) is 31.7 Å². The first-order valence-electron chi connectivity index (χ1n) is 10.5. The molecule has 0 atom stereocenters. The first kappa shape index (κ1) is 21.1. The lowest BCUT2D eigenvalue weighted by Gasteiger charge is -2.21. The monoisotopic (exact) mass is 422 g/mol. The summed E-state index contributed by atoms with van der Waals surface area (Å²) in [5, 5.41) is 13.1. The lowest BCUT2D eigenvalue weighted by molar-refractivity contribution is 0.0441. The van der Waals surface area contributed by atoms with E-state index in [-0.39, 0.29) is 5.56 Å². The summed E-state index contributed by atoms with van der Waals surface area (Å²) in [6.45, 7) is 3.39. The van der Waals surface area contributed by atoms with Crippen LogP contribution >= 0.6 is 0 Å². The van der Waals surface area contributed by atoms with E-state index in [9.17, 15) is 14.7 Å². The number of nitrogens with one attached hydrogen (secondary N) is 1. The predicted molar refractivity (Wildman–Crippen MR) is 119 cm³/mol. The Kier molecular flexibility index (Phi) is 6.64. The highest BCUT2D eigenvalue weighted by molar-refractivity contribution is 5.94. The summed E-state index contributed by atoms with van der Waals surface area (Å²) < 4.78 is 13.1. The molecule has 0 radical (unpaired) electrons. The molecule has 2 N–H and O–H groups in total. The molecule has 0 saturated carbocycles. The normalized spacial score (nSPS) is 12.8. The molecule has 0 unspecified atom stereocenters. The van der Waals surface area contributed by atoms with E-state index in [1.54, 1.807) is 6.07 Å². The van der Waals surface area contributed by atoms with Crippen molar-refractivity contribution in [3.05, 3.63) is 75.6 Å². The maximum absolute atomic E-state index is 12.7. The number of ether oxygens (including phenoxy) is 2. The quantitative estimate of drug-likeness (QED) is 0.488. The Morgan fingerprint density at radius 3 is 2.71 bits per heavy atom. The van der Waals surface area contributed by atoms with Crippen molar-refractivity contribution in [1.29, 1.82) is 0 Å². The third-order valence-electron chi connectivity index (χ3n) is 5.38. The van der Waals surface area contributed by atoms with Crippen LogP contribution < -0.4 is 10.7 Å². The van der Waals surface area contributed by atoms with Gasteiger partial charge in [-0.2, -0.15) is 0 Å². The van der Waals surface area contributed by atoms with Gasteiger partial charge in [0.25, 0.3) is 0 Å². The topological polar surface area (TPSA) is 89.8 Å². The van der Waals surface area contributed by atoms with Crippen LogP contribution in [0.25, 0.3) is 10.9 Å². The first-order valence-corrected chi connectivity index (χ1v) is 10.5. The molecule has 3 aromatic rings. The summed E-state index contributed by atoms with van der Waals surface area (Å²) in [6.07, 6.45) is 3.25. The summed E-state index contributed by atoms with van der Waals surface area (Å²) in [5.41, 5.74) is 3.23. The summed E-state index contributed by atoms with van der Waals surface area (Å²) in [7, 11) is 0. The van der Waals surface area contributed by atoms with Crippen molar-refractivity contribution in [3.63, 3.8) is 0 Å². The standard InChI is InChI=1S/C24H26N2O5/c27-23-20-14-19(13-18-7-4-9-26(22(18)20)15-21(23)24(28)29)25-8-10-30-11-12-31-16-17-5-2-1-3-6-17/h1-3,5-6,13-15,25H,4,7-12,16H2,(H,28,29). The molecule has 2 heterocycles. The number of benzene rings is 2. The number of carboxylic acid groups (broad SMARTS) is 1. The Bertz CT molecular complexity index is 1120. The van der Waals surface area contributed by atoms with E-state index >= 15 is 0 Å². The lowest BCUT2D eigenvalue weighted by atomic mass is 9.98. The van der Waals surface area contributed by atoms with Crippen molar-refractivity contribution in [1.82, 2.24) is 4.57 Å². The highest BCUT2D eigenvalue weighted by Gasteiger charge is 2.20. The fourth-order valence-corrected chi connectivity index (χ4v) is 3.94. The van der Waals surface area contributed by atoms with Crippen molar-refractivity contribution in [2.45, 2.75) is 26.0 Å². The second kappa shape index (κ2) is 9.76. The highest BCUT2D eigenvalue weighted by Crippen LogP contribution is 2.27. The Morgan fingerprint density at radius 1 is 1.10 bits per heavy atom. The van der Waals surface area contributed by atoms with Gasteiger partial charge < -0.3 is 24.5 Å². The van der Waals surface area contributed by atoms with Gasteiger partial charge in [-0.1, -0.05) is 30.3 Å². The summed E-state index contributed by atoms with van der Waals surface area (Å²) in [5.74, 6) is -1.19. The molecule has 0 fully saturated rings. The zero-order valence-electron chi connectivity index (χ0n) is 17.3. The van der Waals surface area contributed by atoms with Gasteiger partial charge in [0.05, 0.1) is 31.9 Å². The molecule has 0 spiro atoms. The third-order valence-corrected chi connectivity index (χ3v) is 5.38. The molecule has 2 aromatic carbocycles. The van der Waals surface area contributed by atoms with Gasteiger partial charge in [0.2, 0.25) is 5.43 Å². The number of hydrogen-bond acceptors (Lipinski definition) is 5. The minimum Gasteiger partial charge on any atom is -0.477 e. The minimum atomic E-state index is -1.19. The van der Waals surface area contributed by atoms with Crippen molar-refractivity contribution in [2.24, 2.45) is 0 Å². The van der Waals surface area contributed by atoms with Gasteiger partial charge in [-0.3, -0.25) is 4.79 Å². The second-order valence-electron chi connectivity index (χ2n) is 7.58. The molecule has 162 valence electrons. The Morgan fingerprint density at radius 2 is 1.90 bits per heavy atom. The Balaban J connectivity index is 1.31. The first-order chi connectivity index (χ1) is 15.1. The van der Waals surface area contributed by atoms with Crippen LogP contribution in [0.1, 0.15) is 27.9 Å². The lowest BCUT2D eigenvalue weighted by Crippen LogP contribution is -2.22. The number of carboxylic acids is 1. The van der Waals surface area contributed by atoms with Crippen LogP contribution in [-0.4, -0.2) is 42.0 Å². The van der Waals surface area contributed by atoms with E-state index < -0.39 is 11.4 Å². The maximum atomic E-state index is 12.7. The number of carbonyl (C=O) groups is 1. The van der Waals surface area contributed by atoms with Crippen LogP contribution in [0.2, 0.25) is 0 Å². The molecule has 4 rings (SSSR count). The summed E-state index contributed by atoms with van der Waals surface area (Å²) in [6, 6.07) is 13.8. The third kappa shape index (κ3) is 4.95. The molecule has 31 heavy (non-hydrogen) atoms. The smallest absolute Gasteiger partial charge is 0.341 e. The van der Waals surface area contributed by atoms with Crippen molar-refractivity contribution >= 4 is 22.6 Å². The molecule has 1 aliphatic rings. The second-order valence-corrected chi connectivity index (χ2v) is 7.58.